The minimum absolute atomic E-state index is 0.120. The summed E-state index contributed by atoms with van der Waals surface area (Å²) in [6.07, 6.45) is 0. The van der Waals surface area contributed by atoms with Crippen molar-refractivity contribution in [2.45, 2.75) is 26.4 Å². The number of hydrogen-bond donors (Lipinski definition) is 1. The van der Waals surface area contributed by atoms with Crippen molar-refractivity contribution in [1.29, 1.82) is 0 Å². The molecule has 1 aliphatic rings. The SMILES string of the molecule is COc1ccccc1CN1Nc2oc(=O)cc(C)c2C1C. The zero-order valence-corrected chi connectivity index (χ0v) is 12.3. The standard InChI is InChI=1S/C16H18N2O3/c1-10-8-14(19)21-16-15(10)11(2)18(17-16)9-12-6-4-5-7-13(12)20-3/h4-8,11,17H,9H2,1-3H3. The molecule has 1 N–H and O–H groups in total. The second-order valence-electron chi connectivity index (χ2n) is 5.22. The number of hydrazine groups is 1. The largest absolute Gasteiger partial charge is 0.496 e. The van der Waals surface area contributed by atoms with Gasteiger partial charge in [0.15, 0.2) is 0 Å². The van der Waals surface area contributed by atoms with Crippen molar-refractivity contribution in [1.82, 2.24) is 5.01 Å². The molecule has 0 saturated heterocycles. The summed E-state index contributed by atoms with van der Waals surface area (Å²) in [5.74, 6) is 1.39. The molecule has 3 rings (SSSR count). The van der Waals surface area contributed by atoms with Crippen LogP contribution in [-0.4, -0.2) is 12.1 Å². The summed E-state index contributed by atoms with van der Waals surface area (Å²) in [5.41, 5.74) is 5.90. The van der Waals surface area contributed by atoms with Gasteiger partial charge in [-0.1, -0.05) is 18.2 Å². The third-order valence-corrected chi connectivity index (χ3v) is 3.87. The number of nitrogens with zero attached hydrogens (tertiary/aromatic N) is 1. The number of rotatable bonds is 3. The normalized spacial score (nSPS) is 17.4. The van der Waals surface area contributed by atoms with E-state index in [0.29, 0.717) is 12.4 Å². The van der Waals surface area contributed by atoms with Gasteiger partial charge in [0.1, 0.15) is 5.75 Å². The Balaban J connectivity index is 1.90. The van der Waals surface area contributed by atoms with E-state index in [0.717, 1.165) is 22.4 Å². The van der Waals surface area contributed by atoms with E-state index in [4.69, 9.17) is 9.15 Å². The quantitative estimate of drug-likeness (QED) is 0.940. The molecule has 0 fully saturated rings. The van der Waals surface area contributed by atoms with Crippen LogP contribution in [-0.2, 0) is 6.54 Å². The Bertz CT molecular complexity index is 724. The molecule has 21 heavy (non-hydrogen) atoms. The van der Waals surface area contributed by atoms with Gasteiger partial charge in [0.25, 0.3) is 0 Å². The Morgan fingerprint density at radius 2 is 2.14 bits per heavy atom. The monoisotopic (exact) mass is 286 g/mol. The number of ether oxygens (including phenoxy) is 1. The van der Waals surface area contributed by atoms with Gasteiger partial charge in [-0.25, -0.2) is 9.80 Å². The van der Waals surface area contributed by atoms with Gasteiger partial charge in [-0.05, 0) is 25.5 Å². The van der Waals surface area contributed by atoms with Crippen LogP contribution in [0.25, 0.3) is 0 Å². The lowest BCUT2D eigenvalue weighted by atomic mass is 10.1. The van der Waals surface area contributed by atoms with Crippen LogP contribution < -0.4 is 15.8 Å². The van der Waals surface area contributed by atoms with Crippen LogP contribution in [0.3, 0.4) is 0 Å². The molecule has 1 aromatic carbocycles. The number of benzene rings is 1. The highest BCUT2D eigenvalue weighted by atomic mass is 16.5. The van der Waals surface area contributed by atoms with Crippen LogP contribution in [0.5, 0.6) is 5.75 Å². The Morgan fingerprint density at radius 3 is 2.90 bits per heavy atom. The van der Waals surface area contributed by atoms with Crippen LogP contribution in [0.2, 0.25) is 0 Å². The molecule has 0 aliphatic carbocycles. The van der Waals surface area contributed by atoms with Crippen molar-refractivity contribution in [3.63, 3.8) is 0 Å². The van der Waals surface area contributed by atoms with Crippen molar-refractivity contribution >= 4 is 5.88 Å². The zero-order valence-electron chi connectivity index (χ0n) is 12.3. The van der Waals surface area contributed by atoms with Crippen LogP contribution in [0.1, 0.15) is 29.7 Å². The summed E-state index contributed by atoms with van der Waals surface area (Å²) in [7, 11) is 1.66. The summed E-state index contributed by atoms with van der Waals surface area (Å²) >= 11 is 0. The average molecular weight is 286 g/mol. The molecule has 2 heterocycles. The van der Waals surface area contributed by atoms with Gasteiger partial charge >= 0.3 is 5.63 Å². The second-order valence-corrected chi connectivity index (χ2v) is 5.22. The molecule has 110 valence electrons. The molecule has 5 nitrogen and oxygen atoms in total. The maximum atomic E-state index is 11.5. The van der Waals surface area contributed by atoms with Crippen LogP contribution >= 0.6 is 0 Å². The molecule has 2 aromatic rings. The highest BCUT2D eigenvalue weighted by Crippen LogP contribution is 2.37. The highest BCUT2D eigenvalue weighted by molar-refractivity contribution is 5.50. The van der Waals surface area contributed by atoms with Gasteiger partial charge in [0, 0.05) is 23.7 Å². The van der Waals surface area contributed by atoms with Gasteiger partial charge in [-0.15, -0.1) is 0 Å². The number of anilines is 1. The first-order chi connectivity index (χ1) is 10.1. The van der Waals surface area contributed by atoms with Gasteiger partial charge in [0.05, 0.1) is 13.2 Å². The fourth-order valence-corrected chi connectivity index (χ4v) is 2.80. The highest BCUT2D eigenvalue weighted by Gasteiger charge is 2.31. The van der Waals surface area contributed by atoms with Gasteiger partial charge in [0.2, 0.25) is 5.88 Å². The zero-order chi connectivity index (χ0) is 15.0. The summed E-state index contributed by atoms with van der Waals surface area (Å²) < 4.78 is 10.6. The number of hydrogen-bond acceptors (Lipinski definition) is 5. The minimum atomic E-state index is -0.329. The molecular weight excluding hydrogens is 268 g/mol. The average Bonchev–Trinajstić information content (AvgIpc) is 2.76. The van der Waals surface area contributed by atoms with Gasteiger partial charge < -0.3 is 9.15 Å². The van der Waals surface area contributed by atoms with E-state index in [1.165, 1.54) is 6.07 Å². The van der Waals surface area contributed by atoms with Crippen LogP contribution in [0.4, 0.5) is 5.88 Å². The van der Waals surface area contributed by atoms with Crippen LogP contribution in [0, 0.1) is 6.92 Å². The molecule has 1 aromatic heterocycles. The molecule has 0 radical (unpaired) electrons. The topological polar surface area (TPSA) is 54.7 Å². The van der Waals surface area contributed by atoms with E-state index >= 15 is 0 Å². The van der Waals surface area contributed by atoms with Crippen LogP contribution in [0.15, 0.2) is 39.5 Å². The Hall–Kier alpha value is -2.27. The van der Waals surface area contributed by atoms with E-state index in [1.807, 2.05) is 36.2 Å². The van der Waals surface area contributed by atoms with Gasteiger partial charge in [-0.3, -0.25) is 5.43 Å². The molecule has 1 unspecified atom stereocenters. The predicted molar refractivity (Wildman–Crippen MR) is 80.3 cm³/mol. The fourth-order valence-electron chi connectivity index (χ4n) is 2.80. The Kier molecular flexibility index (Phi) is 3.43. The first kappa shape index (κ1) is 13.7. The predicted octanol–water partition coefficient (Wildman–Crippen LogP) is 2.86. The maximum absolute atomic E-state index is 11.5. The lowest BCUT2D eigenvalue weighted by molar-refractivity contribution is 0.263. The first-order valence-electron chi connectivity index (χ1n) is 6.90. The third kappa shape index (κ3) is 2.40. The molecular formula is C16H18N2O3. The van der Waals surface area contributed by atoms with E-state index in [-0.39, 0.29) is 11.7 Å². The van der Waals surface area contributed by atoms with E-state index < -0.39 is 0 Å². The lowest BCUT2D eigenvalue weighted by Gasteiger charge is -2.22. The molecule has 0 amide bonds. The number of methoxy groups -OCH3 is 1. The smallest absolute Gasteiger partial charge is 0.337 e. The van der Waals surface area contributed by atoms with Gasteiger partial charge in [-0.2, -0.15) is 0 Å². The van der Waals surface area contributed by atoms with Crippen molar-refractivity contribution in [3.8, 4) is 5.75 Å². The first-order valence-corrected chi connectivity index (χ1v) is 6.90. The molecule has 5 heteroatoms. The Morgan fingerprint density at radius 1 is 1.38 bits per heavy atom. The summed E-state index contributed by atoms with van der Waals surface area (Å²) in [6, 6.07) is 9.55. The Labute approximate surface area is 123 Å². The molecule has 0 spiro atoms. The summed E-state index contributed by atoms with van der Waals surface area (Å²) in [4.78, 5) is 11.5. The molecule has 1 atom stereocenters. The number of fused-ring (bicyclic) bond motifs is 1. The minimum Gasteiger partial charge on any atom is -0.496 e. The van der Waals surface area contributed by atoms with E-state index in [9.17, 15) is 4.79 Å². The molecule has 0 saturated carbocycles. The third-order valence-electron chi connectivity index (χ3n) is 3.87. The lowest BCUT2D eigenvalue weighted by Crippen LogP contribution is -2.26. The van der Waals surface area contributed by atoms with Crippen molar-refractivity contribution < 1.29 is 9.15 Å². The summed E-state index contributed by atoms with van der Waals surface area (Å²) in [5, 5.41) is 2.04. The number of para-hydroxylation sites is 1. The van der Waals surface area contributed by atoms with E-state index in [2.05, 4.69) is 12.3 Å². The van der Waals surface area contributed by atoms with Crippen molar-refractivity contribution in [2.75, 3.05) is 12.5 Å². The number of nitrogens with one attached hydrogen (secondary N) is 1. The summed E-state index contributed by atoms with van der Waals surface area (Å²) in [6.45, 7) is 4.67. The maximum Gasteiger partial charge on any atom is 0.337 e. The fraction of sp³-hybridized carbons (Fsp3) is 0.312. The van der Waals surface area contributed by atoms with Crippen molar-refractivity contribution in [3.05, 3.63) is 57.4 Å². The number of aryl methyl sites for hydroxylation is 1. The van der Waals surface area contributed by atoms with Crippen molar-refractivity contribution in [2.24, 2.45) is 0 Å². The molecule has 1 aliphatic heterocycles. The van der Waals surface area contributed by atoms with E-state index in [1.54, 1.807) is 7.11 Å². The second kappa shape index (κ2) is 5.26. The molecule has 0 bridgehead atoms.